The minimum Gasteiger partial charge on any atom is -0.256 e. The molecule has 2 aromatic rings. The SMILES string of the molecule is [2H]C([2H])(c1cc(-c2cccc(F)c2C)ncc1[Si](C)(C)C)C(C)(C)C. The van der Waals surface area contributed by atoms with Crippen LogP contribution in [0.5, 0.6) is 0 Å². The second-order valence-corrected chi connectivity index (χ2v) is 13.2. The molecule has 0 fully saturated rings. The van der Waals surface area contributed by atoms with Crippen molar-refractivity contribution in [2.24, 2.45) is 5.41 Å². The molecule has 3 heteroatoms. The van der Waals surface area contributed by atoms with E-state index in [2.05, 4.69) is 24.6 Å². The Bertz CT molecular complexity index is 789. The van der Waals surface area contributed by atoms with Gasteiger partial charge in [0.05, 0.1) is 13.8 Å². The molecule has 0 amide bonds. The van der Waals surface area contributed by atoms with E-state index in [-0.39, 0.29) is 5.82 Å². The van der Waals surface area contributed by atoms with Crippen molar-refractivity contribution >= 4 is 13.3 Å². The fraction of sp³-hybridized carbons (Fsp3) is 0.450. The predicted molar refractivity (Wildman–Crippen MR) is 101 cm³/mol. The average molecular weight is 332 g/mol. The van der Waals surface area contributed by atoms with Gasteiger partial charge in [-0.3, -0.25) is 4.98 Å². The van der Waals surface area contributed by atoms with Crippen LogP contribution in [-0.2, 0) is 6.37 Å². The number of nitrogens with zero attached hydrogens (tertiary/aromatic N) is 1. The van der Waals surface area contributed by atoms with E-state index in [0.29, 0.717) is 22.4 Å². The molecule has 0 radical (unpaired) electrons. The molecule has 0 bridgehead atoms. The zero-order valence-electron chi connectivity index (χ0n) is 17.2. The molecule has 0 N–H and O–H groups in total. The Hall–Kier alpha value is -1.48. The summed E-state index contributed by atoms with van der Waals surface area (Å²) in [5.74, 6) is -0.269. The van der Waals surface area contributed by atoms with Gasteiger partial charge in [0.25, 0.3) is 0 Å². The summed E-state index contributed by atoms with van der Waals surface area (Å²) in [6.07, 6.45) is 0.298. The van der Waals surface area contributed by atoms with Crippen LogP contribution in [0.25, 0.3) is 11.3 Å². The topological polar surface area (TPSA) is 12.9 Å². The lowest BCUT2D eigenvalue weighted by molar-refractivity contribution is 0.412. The molecule has 1 heterocycles. The standard InChI is InChI=1S/C20H28FNSi/c1-14-16(9-8-10-17(14)21)18-11-15(12-20(2,3)4)19(13-22-18)23(5,6)7/h8-11,13H,12H2,1-7H3/i12D2. The average Bonchev–Trinajstić information content (AvgIpc) is 2.47. The van der Waals surface area contributed by atoms with Crippen molar-refractivity contribution in [3.8, 4) is 11.3 Å². The highest BCUT2D eigenvalue weighted by atomic mass is 28.3. The Morgan fingerprint density at radius 2 is 1.87 bits per heavy atom. The molecule has 0 saturated carbocycles. The van der Waals surface area contributed by atoms with Crippen molar-refractivity contribution in [2.75, 3.05) is 0 Å². The summed E-state index contributed by atoms with van der Waals surface area (Å²) in [5, 5.41) is 1.02. The summed E-state index contributed by atoms with van der Waals surface area (Å²) in [6.45, 7) is 14.0. The highest BCUT2D eigenvalue weighted by Crippen LogP contribution is 2.27. The molecular formula is C20H28FNSi. The summed E-state index contributed by atoms with van der Waals surface area (Å²) >= 11 is 0. The summed E-state index contributed by atoms with van der Waals surface area (Å²) in [4.78, 5) is 4.57. The number of hydrogen-bond donors (Lipinski definition) is 0. The summed E-state index contributed by atoms with van der Waals surface area (Å²) in [5.41, 5.74) is 2.01. The first kappa shape index (κ1) is 15.1. The van der Waals surface area contributed by atoms with Gasteiger partial charge in [-0.1, -0.05) is 52.5 Å². The van der Waals surface area contributed by atoms with E-state index in [1.165, 1.54) is 6.07 Å². The summed E-state index contributed by atoms with van der Waals surface area (Å²) in [7, 11) is -1.79. The zero-order valence-corrected chi connectivity index (χ0v) is 16.2. The first-order chi connectivity index (χ1) is 11.3. The van der Waals surface area contributed by atoms with Gasteiger partial charge in [0.15, 0.2) is 0 Å². The van der Waals surface area contributed by atoms with Crippen molar-refractivity contribution in [2.45, 2.75) is 53.7 Å². The first-order valence-electron chi connectivity index (χ1n) is 9.03. The molecule has 0 aliphatic carbocycles. The highest BCUT2D eigenvalue weighted by Gasteiger charge is 2.24. The molecule has 0 aliphatic heterocycles. The lowest BCUT2D eigenvalue weighted by Gasteiger charge is -2.26. The summed E-state index contributed by atoms with van der Waals surface area (Å²) < 4.78 is 31.5. The Morgan fingerprint density at radius 3 is 2.43 bits per heavy atom. The fourth-order valence-electron chi connectivity index (χ4n) is 2.59. The largest absolute Gasteiger partial charge is 0.256 e. The van der Waals surface area contributed by atoms with Gasteiger partial charge in [0.1, 0.15) is 5.82 Å². The van der Waals surface area contributed by atoms with Gasteiger partial charge in [-0.15, -0.1) is 0 Å². The quantitative estimate of drug-likeness (QED) is 0.693. The van der Waals surface area contributed by atoms with Crippen LogP contribution in [0, 0.1) is 18.2 Å². The van der Waals surface area contributed by atoms with Gasteiger partial charge >= 0.3 is 0 Å². The predicted octanol–water partition coefficient (Wildman–Crippen LogP) is 5.33. The number of benzene rings is 1. The third kappa shape index (κ3) is 4.29. The number of pyridine rings is 1. The second kappa shape index (κ2) is 6.20. The van der Waals surface area contributed by atoms with Crippen molar-refractivity contribution in [1.29, 1.82) is 0 Å². The van der Waals surface area contributed by atoms with Gasteiger partial charge in [0.2, 0.25) is 0 Å². The number of rotatable bonds is 3. The van der Waals surface area contributed by atoms with Crippen LogP contribution >= 0.6 is 0 Å². The maximum absolute atomic E-state index is 14.0. The molecule has 0 spiro atoms. The molecular weight excluding hydrogens is 301 g/mol. The molecule has 0 atom stereocenters. The third-order valence-corrected chi connectivity index (χ3v) is 5.78. The molecule has 0 saturated heterocycles. The second-order valence-electron chi connectivity index (χ2n) is 8.15. The van der Waals surface area contributed by atoms with Crippen molar-refractivity contribution in [3.05, 3.63) is 47.4 Å². The maximum atomic E-state index is 14.0. The number of hydrogen-bond acceptors (Lipinski definition) is 1. The van der Waals surface area contributed by atoms with E-state index in [4.69, 9.17) is 2.74 Å². The number of halogens is 1. The first-order valence-corrected chi connectivity index (χ1v) is 11.5. The normalized spacial score (nSPS) is 14.4. The van der Waals surface area contributed by atoms with E-state index in [1.807, 2.05) is 39.1 Å². The van der Waals surface area contributed by atoms with Gasteiger partial charge in [-0.2, -0.15) is 0 Å². The lowest BCUT2D eigenvalue weighted by Crippen LogP contribution is -2.41. The van der Waals surface area contributed by atoms with Crippen LogP contribution in [0.2, 0.25) is 19.6 Å². The van der Waals surface area contributed by atoms with Crippen LogP contribution in [0.15, 0.2) is 30.5 Å². The van der Waals surface area contributed by atoms with E-state index in [1.54, 1.807) is 13.0 Å². The number of aromatic nitrogens is 1. The molecule has 1 aromatic carbocycles. The van der Waals surface area contributed by atoms with Gasteiger partial charge < -0.3 is 0 Å². The van der Waals surface area contributed by atoms with E-state index in [0.717, 1.165) is 5.19 Å². The van der Waals surface area contributed by atoms with Crippen LogP contribution in [0.1, 0.15) is 34.6 Å². The van der Waals surface area contributed by atoms with Crippen LogP contribution in [0.3, 0.4) is 0 Å². The van der Waals surface area contributed by atoms with Crippen LogP contribution in [0.4, 0.5) is 4.39 Å². The Morgan fingerprint density at radius 1 is 1.22 bits per heavy atom. The third-order valence-electron chi connectivity index (χ3n) is 3.77. The smallest absolute Gasteiger partial charge is 0.126 e. The molecule has 1 nitrogen and oxygen atoms in total. The van der Waals surface area contributed by atoms with E-state index in [9.17, 15) is 4.39 Å². The zero-order chi connectivity index (χ0) is 19.2. The minimum absolute atomic E-state index is 0.269. The molecule has 0 aliphatic rings. The maximum Gasteiger partial charge on any atom is 0.126 e. The van der Waals surface area contributed by atoms with E-state index >= 15 is 0 Å². The van der Waals surface area contributed by atoms with Crippen LogP contribution < -0.4 is 5.19 Å². The van der Waals surface area contributed by atoms with Gasteiger partial charge in [-0.25, -0.2) is 4.39 Å². The van der Waals surface area contributed by atoms with Crippen LogP contribution in [-0.4, -0.2) is 13.1 Å². The van der Waals surface area contributed by atoms with Crippen molar-refractivity contribution in [1.82, 2.24) is 4.98 Å². The molecule has 2 rings (SSSR count). The molecule has 0 unspecified atom stereocenters. The molecule has 1 aromatic heterocycles. The van der Waals surface area contributed by atoms with E-state index < -0.39 is 19.9 Å². The minimum atomic E-state index is -1.79. The van der Waals surface area contributed by atoms with Gasteiger partial charge in [-0.05, 0) is 47.2 Å². The highest BCUT2D eigenvalue weighted by molar-refractivity contribution is 6.89. The summed E-state index contributed by atoms with van der Waals surface area (Å²) in [6, 6.07) is 6.78. The Balaban J connectivity index is 2.78. The fourth-order valence-corrected chi connectivity index (χ4v) is 3.99. The lowest BCUT2D eigenvalue weighted by atomic mass is 9.88. The Labute approximate surface area is 143 Å². The molecule has 124 valence electrons. The monoisotopic (exact) mass is 331 g/mol. The molecule has 23 heavy (non-hydrogen) atoms. The van der Waals surface area contributed by atoms with Gasteiger partial charge in [0, 0.05) is 14.5 Å². The Kier molecular flexibility index (Phi) is 4.06. The van der Waals surface area contributed by atoms with Crippen molar-refractivity contribution < 1.29 is 7.13 Å². The van der Waals surface area contributed by atoms with Crippen molar-refractivity contribution in [3.63, 3.8) is 0 Å².